The lowest BCUT2D eigenvalue weighted by Crippen LogP contribution is -2.40. The Labute approximate surface area is 113 Å². The van der Waals surface area contributed by atoms with Crippen molar-refractivity contribution >= 4 is 29.9 Å². The molecule has 0 aromatic heterocycles. The van der Waals surface area contributed by atoms with E-state index in [2.05, 4.69) is 11.4 Å². The van der Waals surface area contributed by atoms with Crippen LogP contribution in [-0.2, 0) is 17.8 Å². The molecule has 3 nitrogen and oxygen atoms in total. The van der Waals surface area contributed by atoms with Crippen molar-refractivity contribution in [2.24, 2.45) is 0 Å². The molecular weight excluding hydrogens is 259 g/mol. The van der Waals surface area contributed by atoms with Crippen molar-refractivity contribution in [3.8, 4) is 0 Å². The number of rotatable bonds is 2. The molecule has 1 aliphatic heterocycles. The Morgan fingerprint density at radius 1 is 1.47 bits per heavy atom. The van der Waals surface area contributed by atoms with Crippen LogP contribution in [0.1, 0.15) is 11.1 Å². The lowest BCUT2D eigenvalue weighted by atomic mass is 10.00. The van der Waals surface area contributed by atoms with Gasteiger partial charge in [-0.25, -0.2) is 0 Å². The maximum atomic E-state index is 11.7. The van der Waals surface area contributed by atoms with E-state index in [-0.39, 0.29) is 18.3 Å². The Bertz CT molecular complexity index is 409. The third kappa shape index (κ3) is 3.35. The second-order valence-electron chi connectivity index (χ2n) is 4.01. The molecule has 0 aliphatic carbocycles. The Kier molecular flexibility index (Phi) is 5.25. The fourth-order valence-corrected chi connectivity index (χ4v) is 2.20. The number of nitrogens with one attached hydrogen (secondary N) is 1. The summed E-state index contributed by atoms with van der Waals surface area (Å²) in [5, 5.41) is 3.62. The van der Waals surface area contributed by atoms with Crippen molar-refractivity contribution in [1.82, 2.24) is 10.2 Å². The van der Waals surface area contributed by atoms with E-state index in [1.807, 2.05) is 17.0 Å². The molecule has 0 bridgehead atoms. The van der Waals surface area contributed by atoms with Crippen LogP contribution in [0.15, 0.2) is 18.2 Å². The molecule has 1 heterocycles. The zero-order valence-corrected chi connectivity index (χ0v) is 11.3. The maximum Gasteiger partial charge on any atom is 0.236 e. The zero-order chi connectivity index (χ0) is 11.5. The van der Waals surface area contributed by atoms with E-state index >= 15 is 0 Å². The first-order valence-electron chi connectivity index (χ1n) is 5.40. The van der Waals surface area contributed by atoms with E-state index in [0.717, 1.165) is 18.0 Å². The predicted octanol–water partition coefficient (Wildman–Crippen LogP) is 1.87. The summed E-state index contributed by atoms with van der Waals surface area (Å²) in [6.45, 7) is 1.88. The first-order valence-corrected chi connectivity index (χ1v) is 5.78. The van der Waals surface area contributed by atoms with Gasteiger partial charge in [0.15, 0.2) is 0 Å². The van der Waals surface area contributed by atoms with Crippen molar-refractivity contribution in [2.45, 2.75) is 13.0 Å². The Morgan fingerprint density at radius 2 is 2.24 bits per heavy atom. The van der Waals surface area contributed by atoms with Crippen molar-refractivity contribution in [3.05, 3.63) is 34.3 Å². The van der Waals surface area contributed by atoms with Gasteiger partial charge in [-0.3, -0.25) is 4.79 Å². The summed E-state index contributed by atoms with van der Waals surface area (Å²) < 4.78 is 0. The number of carbonyl (C=O) groups excluding carboxylic acids is 1. The van der Waals surface area contributed by atoms with Crippen LogP contribution in [-0.4, -0.2) is 30.9 Å². The number of benzene rings is 1. The van der Waals surface area contributed by atoms with Crippen molar-refractivity contribution in [3.63, 3.8) is 0 Å². The standard InChI is InChI=1S/C12H15ClN2O.ClH/c1-14-7-12(16)15-5-4-9-2-3-11(13)6-10(9)8-15;/h2-3,6,14H,4-5,7-8H2,1H3;1H. The highest BCUT2D eigenvalue weighted by molar-refractivity contribution is 6.30. The van der Waals surface area contributed by atoms with Gasteiger partial charge in [0.05, 0.1) is 6.54 Å². The number of hydrogen-bond acceptors (Lipinski definition) is 2. The van der Waals surface area contributed by atoms with E-state index < -0.39 is 0 Å². The monoisotopic (exact) mass is 274 g/mol. The van der Waals surface area contributed by atoms with Gasteiger partial charge in [-0.15, -0.1) is 12.4 Å². The second-order valence-corrected chi connectivity index (χ2v) is 4.45. The van der Waals surface area contributed by atoms with Crippen LogP contribution in [0.2, 0.25) is 5.02 Å². The molecule has 1 N–H and O–H groups in total. The van der Waals surface area contributed by atoms with Crippen molar-refractivity contribution in [1.29, 1.82) is 0 Å². The number of fused-ring (bicyclic) bond motifs is 1. The van der Waals surface area contributed by atoms with Crippen LogP contribution < -0.4 is 5.32 Å². The normalized spacial score (nSPS) is 13.9. The molecular formula is C12H16Cl2N2O. The number of hydrogen-bond donors (Lipinski definition) is 1. The Balaban J connectivity index is 0.00000144. The fourth-order valence-electron chi connectivity index (χ4n) is 2.00. The third-order valence-electron chi connectivity index (χ3n) is 2.86. The van der Waals surface area contributed by atoms with Gasteiger partial charge in [0.1, 0.15) is 0 Å². The van der Waals surface area contributed by atoms with Gasteiger partial charge in [0.25, 0.3) is 0 Å². The van der Waals surface area contributed by atoms with E-state index in [4.69, 9.17) is 11.6 Å². The van der Waals surface area contributed by atoms with E-state index in [1.54, 1.807) is 7.05 Å². The number of halogens is 2. The van der Waals surface area contributed by atoms with Crippen molar-refractivity contribution < 1.29 is 4.79 Å². The lowest BCUT2D eigenvalue weighted by molar-refractivity contribution is -0.131. The molecule has 0 unspecified atom stereocenters. The van der Waals surface area contributed by atoms with Crippen molar-refractivity contribution in [2.75, 3.05) is 20.1 Å². The SMILES string of the molecule is CNCC(=O)N1CCc2ccc(Cl)cc2C1.Cl. The van der Waals surface area contributed by atoms with E-state index in [1.165, 1.54) is 11.1 Å². The average Bonchev–Trinajstić information content (AvgIpc) is 2.28. The largest absolute Gasteiger partial charge is 0.337 e. The van der Waals surface area contributed by atoms with Gasteiger partial charge in [0.2, 0.25) is 5.91 Å². The quantitative estimate of drug-likeness (QED) is 0.893. The van der Waals surface area contributed by atoms with E-state index in [9.17, 15) is 4.79 Å². The van der Waals surface area contributed by atoms with Gasteiger partial charge in [0, 0.05) is 18.1 Å². The van der Waals surface area contributed by atoms with Crippen LogP contribution in [0.5, 0.6) is 0 Å². The van der Waals surface area contributed by atoms with Crippen LogP contribution in [0.3, 0.4) is 0 Å². The van der Waals surface area contributed by atoms with E-state index in [0.29, 0.717) is 13.1 Å². The smallest absolute Gasteiger partial charge is 0.236 e. The number of carbonyl (C=O) groups is 1. The molecule has 17 heavy (non-hydrogen) atoms. The average molecular weight is 275 g/mol. The first kappa shape index (κ1) is 14.3. The minimum Gasteiger partial charge on any atom is -0.337 e. The molecule has 1 amide bonds. The Morgan fingerprint density at radius 3 is 2.94 bits per heavy atom. The van der Waals surface area contributed by atoms with Gasteiger partial charge >= 0.3 is 0 Å². The highest BCUT2D eigenvalue weighted by Gasteiger charge is 2.19. The molecule has 0 spiro atoms. The summed E-state index contributed by atoms with van der Waals surface area (Å²) in [6, 6.07) is 5.92. The van der Waals surface area contributed by atoms with Gasteiger partial charge < -0.3 is 10.2 Å². The van der Waals surface area contributed by atoms with Crippen LogP contribution in [0, 0.1) is 0 Å². The molecule has 0 fully saturated rings. The minimum atomic E-state index is 0. The molecule has 1 aromatic carbocycles. The van der Waals surface area contributed by atoms with Gasteiger partial charge in [-0.2, -0.15) is 0 Å². The highest BCUT2D eigenvalue weighted by atomic mass is 35.5. The summed E-state index contributed by atoms with van der Waals surface area (Å²) in [4.78, 5) is 13.6. The topological polar surface area (TPSA) is 32.3 Å². The summed E-state index contributed by atoms with van der Waals surface area (Å²) >= 11 is 5.95. The zero-order valence-electron chi connectivity index (χ0n) is 9.70. The van der Waals surface area contributed by atoms with Crippen LogP contribution in [0.4, 0.5) is 0 Å². The summed E-state index contributed by atoms with van der Waals surface area (Å²) in [5.74, 6) is 0.146. The molecule has 1 aliphatic rings. The molecule has 94 valence electrons. The maximum absolute atomic E-state index is 11.7. The Hall–Kier alpha value is -0.770. The summed E-state index contributed by atoms with van der Waals surface area (Å²) in [5.41, 5.74) is 2.47. The molecule has 0 saturated heterocycles. The fraction of sp³-hybridized carbons (Fsp3) is 0.417. The minimum absolute atomic E-state index is 0. The predicted molar refractivity (Wildman–Crippen MR) is 71.7 cm³/mol. The number of likely N-dealkylation sites (N-methyl/N-ethyl adjacent to an activating group) is 1. The third-order valence-corrected chi connectivity index (χ3v) is 3.10. The molecule has 2 rings (SSSR count). The molecule has 0 atom stereocenters. The lowest BCUT2D eigenvalue weighted by Gasteiger charge is -2.29. The molecule has 5 heteroatoms. The highest BCUT2D eigenvalue weighted by Crippen LogP contribution is 2.22. The number of nitrogens with zero attached hydrogens (tertiary/aromatic N) is 1. The van der Waals surface area contributed by atoms with Gasteiger partial charge in [-0.05, 0) is 36.7 Å². The molecule has 1 aromatic rings. The van der Waals surface area contributed by atoms with Crippen LogP contribution >= 0.6 is 24.0 Å². The summed E-state index contributed by atoms with van der Waals surface area (Å²) in [6.07, 6.45) is 0.919. The number of amides is 1. The second kappa shape index (κ2) is 6.24. The van der Waals surface area contributed by atoms with Gasteiger partial charge in [-0.1, -0.05) is 17.7 Å². The van der Waals surface area contributed by atoms with Crippen LogP contribution in [0.25, 0.3) is 0 Å². The first-order chi connectivity index (χ1) is 7.70. The molecule has 0 saturated carbocycles. The molecule has 0 radical (unpaired) electrons. The summed E-state index contributed by atoms with van der Waals surface area (Å²) in [7, 11) is 1.78.